The smallest absolute Gasteiger partial charge is 0.317 e. The van der Waals surface area contributed by atoms with Crippen molar-refractivity contribution >= 4 is 6.03 Å². The first-order valence-corrected chi connectivity index (χ1v) is 6.52. The number of piperidine rings is 2. The summed E-state index contributed by atoms with van der Waals surface area (Å²) in [6.07, 6.45) is 4.69. The first kappa shape index (κ1) is 11.7. The number of nitrogens with zero attached hydrogens (tertiary/aromatic N) is 1. The fourth-order valence-corrected chi connectivity index (χ4v) is 2.61. The van der Waals surface area contributed by atoms with Crippen molar-refractivity contribution in [2.75, 3.05) is 26.2 Å². The Morgan fingerprint density at radius 1 is 1.38 bits per heavy atom. The molecule has 2 aliphatic heterocycles. The maximum absolute atomic E-state index is 12.0. The van der Waals surface area contributed by atoms with Crippen LogP contribution in [0.4, 0.5) is 4.79 Å². The van der Waals surface area contributed by atoms with Crippen LogP contribution in [0.2, 0.25) is 0 Å². The molecule has 0 radical (unpaired) electrons. The quantitative estimate of drug-likeness (QED) is 0.704. The van der Waals surface area contributed by atoms with Gasteiger partial charge in [-0.2, -0.15) is 0 Å². The van der Waals surface area contributed by atoms with Gasteiger partial charge in [-0.1, -0.05) is 6.92 Å². The lowest BCUT2D eigenvalue weighted by atomic mass is 10.0. The fraction of sp³-hybridized carbons (Fsp3) is 0.917. The zero-order valence-corrected chi connectivity index (χ0v) is 10.2. The van der Waals surface area contributed by atoms with Gasteiger partial charge in [0.25, 0.3) is 0 Å². The summed E-state index contributed by atoms with van der Waals surface area (Å²) in [4.78, 5) is 14.0. The molecule has 2 fully saturated rings. The van der Waals surface area contributed by atoms with Gasteiger partial charge in [0.15, 0.2) is 0 Å². The molecule has 16 heavy (non-hydrogen) atoms. The van der Waals surface area contributed by atoms with Gasteiger partial charge in [-0.25, -0.2) is 4.79 Å². The van der Waals surface area contributed by atoms with Crippen molar-refractivity contribution in [3.05, 3.63) is 0 Å². The van der Waals surface area contributed by atoms with Crippen molar-refractivity contribution in [1.82, 2.24) is 15.5 Å². The van der Waals surface area contributed by atoms with Crippen LogP contribution in [0.25, 0.3) is 0 Å². The number of carbonyl (C=O) groups excluding carboxylic acids is 1. The molecule has 2 rings (SSSR count). The van der Waals surface area contributed by atoms with Crippen LogP contribution in [0.1, 0.15) is 32.6 Å². The Morgan fingerprint density at radius 2 is 2.25 bits per heavy atom. The molecule has 4 heteroatoms. The van der Waals surface area contributed by atoms with Gasteiger partial charge in [0, 0.05) is 25.7 Å². The molecular formula is C12H23N3O. The number of nitrogens with one attached hydrogen (secondary N) is 2. The minimum atomic E-state index is 0.139. The van der Waals surface area contributed by atoms with Gasteiger partial charge in [-0.15, -0.1) is 0 Å². The van der Waals surface area contributed by atoms with Gasteiger partial charge in [-0.3, -0.25) is 0 Å². The molecule has 2 heterocycles. The van der Waals surface area contributed by atoms with Crippen LogP contribution in [0.15, 0.2) is 0 Å². The van der Waals surface area contributed by atoms with E-state index in [1.165, 1.54) is 12.8 Å². The van der Waals surface area contributed by atoms with Crippen LogP contribution in [0, 0.1) is 5.92 Å². The molecule has 0 aromatic heterocycles. The molecule has 2 amide bonds. The van der Waals surface area contributed by atoms with Crippen molar-refractivity contribution in [2.24, 2.45) is 5.92 Å². The summed E-state index contributed by atoms with van der Waals surface area (Å²) >= 11 is 0. The number of hydrogen-bond donors (Lipinski definition) is 2. The lowest BCUT2D eigenvalue weighted by Gasteiger charge is -2.33. The summed E-state index contributed by atoms with van der Waals surface area (Å²) in [5, 5.41) is 6.45. The van der Waals surface area contributed by atoms with E-state index in [0.29, 0.717) is 12.0 Å². The Bertz CT molecular complexity index is 238. The van der Waals surface area contributed by atoms with E-state index < -0.39 is 0 Å². The number of amides is 2. The van der Waals surface area contributed by atoms with Gasteiger partial charge in [0.05, 0.1) is 0 Å². The zero-order chi connectivity index (χ0) is 11.4. The molecule has 0 aliphatic carbocycles. The molecule has 0 saturated carbocycles. The van der Waals surface area contributed by atoms with Crippen molar-refractivity contribution in [1.29, 1.82) is 0 Å². The molecule has 92 valence electrons. The van der Waals surface area contributed by atoms with Crippen molar-refractivity contribution in [3.8, 4) is 0 Å². The predicted molar refractivity (Wildman–Crippen MR) is 64.4 cm³/mol. The Labute approximate surface area is 97.8 Å². The minimum Gasteiger partial charge on any atom is -0.334 e. The average molecular weight is 225 g/mol. The highest BCUT2D eigenvalue weighted by Gasteiger charge is 2.23. The molecular weight excluding hydrogens is 202 g/mol. The molecule has 0 aromatic carbocycles. The lowest BCUT2D eigenvalue weighted by Crippen LogP contribution is -2.52. The Hall–Kier alpha value is -0.770. The summed E-state index contributed by atoms with van der Waals surface area (Å²) in [7, 11) is 0. The van der Waals surface area contributed by atoms with Crippen LogP contribution < -0.4 is 10.6 Å². The highest BCUT2D eigenvalue weighted by Crippen LogP contribution is 2.15. The minimum absolute atomic E-state index is 0.139. The van der Waals surface area contributed by atoms with Crippen LogP contribution in [0.5, 0.6) is 0 Å². The van der Waals surface area contributed by atoms with E-state index in [4.69, 9.17) is 0 Å². The lowest BCUT2D eigenvalue weighted by molar-refractivity contribution is 0.164. The second kappa shape index (κ2) is 5.53. The molecule has 2 aliphatic rings. The first-order valence-electron chi connectivity index (χ1n) is 6.52. The van der Waals surface area contributed by atoms with E-state index in [2.05, 4.69) is 17.6 Å². The largest absolute Gasteiger partial charge is 0.334 e. The summed E-state index contributed by atoms with van der Waals surface area (Å²) in [6.45, 7) is 6.09. The third-order valence-electron chi connectivity index (χ3n) is 3.57. The number of likely N-dealkylation sites (tertiary alicyclic amines) is 1. The van der Waals surface area contributed by atoms with E-state index in [0.717, 1.165) is 39.0 Å². The van der Waals surface area contributed by atoms with E-state index in [9.17, 15) is 4.79 Å². The van der Waals surface area contributed by atoms with Crippen molar-refractivity contribution < 1.29 is 4.79 Å². The van der Waals surface area contributed by atoms with Crippen molar-refractivity contribution in [2.45, 2.75) is 38.6 Å². The monoisotopic (exact) mass is 225 g/mol. The van der Waals surface area contributed by atoms with Gasteiger partial charge >= 0.3 is 6.03 Å². The molecule has 2 unspecified atom stereocenters. The summed E-state index contributed by atoms with van der Waals surface area (Å²) < 4.78 is 0. The number of hydrogen-bond acceptors (Lipinski definition) is 2. The molecule has 2 saturated heterocycles. The molecule has 2 N–H and O–H groups in total. The number of urea groups is 1. The second-order valence-electron chi connectivity index (χ2n) is 5.19. The van der Waals surface area contributed by atoms with Crippen LogP contribution in [-0.2, 0) is 0 Å². The maximum atomic E-state index is 12.0. The molecule has 0 aromatic rings. The third-order valence-corrected chi connectivity index (χ3v) is 3.57. The second-order valence-corrected chi connectivity index (χ2v) is 5.19. The Balaban J connectivity index is 1.77. The number of rotatable bonds is 1. The Kier molecular flexibility index (Phi) is 4.04. The van der Waals surface area contributed by atoms with Crippen LogP contribution >= 0.6 is 0 Å². The van der Waals surface area contributed by atoms with Crippen LogP contribution in [-0.4, -0.2) is 43.2 Å². The topological polar surface area (TPSA) is 44.4 Å². The van der Waals surface area contributed by atoms with E-state index in [-0.39, 0.29) is 6.03 Å². The molecule has 0 bridgehead atoms. The third kappa shape index (κ3) is 3.11. The fourth-order valence-electron chi connectivity index (χ4n) is 2.61. The average Bonchev–Trinajstić information content (AvgIpc) is 2.30. The summed E-state index contributed by atoms with van der Waals surface area (Å²) in [5.41, 5.74) is 0. The van der Waals surface area contributed by atoms with E-state index in [1.807, 2.05) is 4.90 Å². The highest BCUT2D eigenvalue weighted by molar-refractivity contribution is 5.74. The van der Waals surface area contributed by atoms with Crippen molar-refractivity contribution in [3.63, 3.8) is 0 Å². The molecule has 2 atom stereocenters. The highest BCUT2D eigenvalue weighted by atomic mass is 16.2. The predicted octanol–water partition coefficient (Wildman–Crippen LogP) is 1.18. The standard InChI is InChI=1S/C12H23N3O/c1-10-4-3-7-15(9-10)12(16)14-11-5-2-6-13-8-11/h10-11,13H,2-9H2,1H3,(H,14,16). The van der Waals surface area contributed by atoms with Crippen LogP contribution in [0.3, 0.4) is 0 Å². The van der Waals surface area contributed by atoms with Gasteiger partial charge in [0.1, 0.15) is 0 Å². The van der Waals surface area contributed by atoms with Gasteiger partial charge in [-0.05, 0) is 38.1 Å². The zero-order valence-electron chi connectivity index (χ0n) is 10.2. The van der Waals surface area contributed by atoms with Gasteiger partial charge < -0.3 is 15.5 Å². The first-order chi connectivity index (χ1) is 7.75. The summed E-state index contributed by atoms with van der Waals surface area (Å²) in [5.74, 6) is 0.656. The van der Waals surface area contributed by atoms with E-state index in [1.54, 1.807) is 0 Å². The molecule has 0 spiro atoms. The number of carbonyl (C=O) groups is 1. The Morgan fingerprint density at radius 3 is 2.94 bits per heavy atom. The maximum Gasteiger partial charge on any atom is 0.317 e. The van der Waals surface area contributed by atoms with Gasteiger partial charge in [0.2, 0.25) is 0 Å². The molecule has 4 nitrogen and oxygen atoms in total. The van der Waals surface area contributed by atoms with E-state index >= 15 is 0 Å². The summed E-state index contributed by atoms with van der Waals surface area (Å²) in [6, 6.07) is 0.471. The SMILES string of the molecule is CC1CCCN(C(=O)NC2CCCNC2)C1. The normalized spacial score (nSPS) is 31.2.